The van der Waals surface area contributed by atoms with E-state index in [1.165, 1.54) is 6.07 Å². The van der Waals surface area contributed by atoms with Crippen molar-refractivity contribution in [1.29, 1.82) is 0 Å². The second-order valence-corrected chi connectivity index (χ2v) is 8.09. The van der Waals surface area contributed by atoms with Gasteiger partial charge in [0.25, 0.3) is 5.91 Å². The van der Waals surface area contributed by atoms with E-state index in [9.17, 15) is 9.59 Å². The van der Waals surface area contributed by atoms with E-state index >= 15 is 0 Å². The van der Waals surface area contributed by atoms with Gasteiger partial charge in [-0.05, 0) is 49.1 Å². The van der Waals surface area contributed by atoms with Crippen molar-refractivity contribution < 1.29 is 4.79 Å². The fraction of sp³-hybridized carbons (Fsp3) is 0.304. The molecule has 0 spiro atoms. The van der Waals surface area contributed by atoms with Crippen LogP contribution in [0, 0.1) is 0 Å². The molecule has 3 aromatic heterocycles. The first kappa shape index (κ1) is 19.3. The lowest BCUT2D eigenvalue weighted by Gasteiger charge is -2.46. The Labute approximate surface area is 178 Å². The number of aromatic amines is 2. The molecule has 1 aliphatic rings. The van der Waals surface area contributed by atoms with Gasteiger partial charge in [0.2, 0.25) is 5.56 Å². The number of hydrogen-bond donors (Lipinski definition) is 2. The van der Waals surface area contributed by atoms with Crippen LogP contribution >= 0.6 is 0 Å². The largest absolute Gasteiger partial charge is 0.352 e. The summed E-state index contributed by atoms with van der Waals surface area (Å²) in [4.78, 5) is 44.1. The number of benzene rings is 1. The average molecular weight is 416 g/mol. The fourth-order valence-corrected chi connectivity index (χ4v) is 4.60. The van der Waals surface area contributed by atoms with Crippen LogP contribution in [0.3, 0.4) is 0 Å². The number of rotatable bonds is 3. The predicted octanol–water partition coefficient (Wildman–Crippen LogP) is 2.93. The number of pyridine rings is 1. The first-order valence-electron chi connectivity index (χ1n) is 10.5. The third-order valence-electron chi connectivity index (χ3n) is 6.09. The molecule has 1 saturated heterocycles. The van der Waals surface area contributed by atoms with Crippen LogP contribution in [0.2, 0.25) is 0 Å². The molecular weight excluding hydrogens is 392 g/mol. The molecule has 1 aromatic carbocycles. The predicted molar refractivity (Wildman–Crippen MR) is 120 cm³/mol. The fourth-order valence-electron chi connectivity index (χ4n) is 4.60. The minimum Gasteiger partial charge on any atom is -0.352 e. The summed E-state index contributed by atoms with van der Waals surface area (Å²) >= 11 is 0. The standard InChI is InChI=1S/C23H24N6O2/c1-3-17-12-28(22-18-8-9-24-21(18)25-13-26-22)11-14(2)29(17)23(31)16-4-6-19-15(10-16)5-7-20(30)27-19/h4-10,13-14,17H,3,11-12H2,1-2H3,(H,27,30)(H,24,25,26)/t14-,17-/m1/s1. The molecule has 1 amide bonds. The number of nitrogens with one attached hydrogen (secondary N) is 2. The maximum Gasteiger partial charge on any atom is 0.254 e. The van der Waals surface area contributed by atoms with Gasteiger partial charge in [0.1, 0.15) is 17.8 Å². The molecule has 0 bridgehead atoms. The molecule has 2 N–H and O–H groups in total. The molecule has 2 atom stereocenters. The molecule has 158 valence electrons. The topological polar surface area (TPSA) is 98.0 Å². The Hall–Kier alpha value is -3.68. The zero-order chi connectivity index (χ0) is 21.5. The highest BCUT2D eigenvalue weighted by atomic mass is 16.2. The van der Waals surface area contributed by atoms with Crippen LogP contribution in [0.1, 0.15) is 30.6 Å². The highest BCUT2D eigenvalue weighted by molar-refractivity contribution is 5.98. The first-order valence-corrected chi connectivity index (χ1v) is 10.5. The van der Waals surface area contributed by atoms with Gasteiger partial charge in [-0.2, -0.15) is 0 Å². The van der Waals surface area contributed by atoms with Crippen LogP contribution in [-0.4, -0.2) is 55.9 Å². The number of nitrogens with zero attached hydrogens (tertiary/aromatic N) is 4. The molecule has 0 aliphatic carbocycles. The van der Waals surface area contributed by atoms with Gasteiger partial charge in [-0.25, -0.2) is 9.97 Å². The van der Waals surface area contributed by atoms with Crippen molar-refractivity contribution in [2.45, 2.75) is 32.4 Å². The molecule has 5 rings (SSSR count). The number of piperazine rings is 1. The molecule has 1 aliphatic heterocycles. The van der Waals surface area contributed by atoms with Gasteiger partial charge in [0.15, 0.2) is 0 Å². The summed E-state index contributed by atoms with van der Waals surface area (Å²) in [5.74, 6) is 0.917. The van der Waals surface area contributed by atoms with Crippen molar-refractivity contribution >= 4 is 33.7 Å². The Morgan fingerprint density at radius 1 is 1.16 bits per heavy atom. The summed E-state index contributed by atoms with van der Waals surface area (Å²) in [5.41, 5.74) is 2.03. The van der Waals surface area contributed by atoms with E-state index in [4.69, 9.17) is 0 Å². The molecule has 8 heteroatoms. The lowest BCUT2D eigenvalue weighted by molar-refractivity contribution is 0.0544. The van der Waals surface area contributed by atoms with Gasteiger partial charge < -0.3 is 19.8 Å². The molecule has 0 unspecified atom stereocenters. The second kappa shape index (κ2) is 7.54. The monoisotopic (exact) mass is 416 g/mol. The van der Waals surface area contributed by atoms with Crippen molar-refractivity contribution in [2.75, 3.05) is 18.0 Å². The van der Waals surface area contributed by atoms with Crippen LogP contribution < -0.4 is 10.5 Å². The zero-order valence-corrected chi connectivity index (χ0v) is 17.5. The van der Waals surface area contributed by atoms with Gasteiger partial charge in [0.05, 0.1) is 5.39 Å². The van der Waals surface area contributed by atoms with Crippen LogP contribution in [0.25, 0.3) is 21.9 Å². The summed E-state index contributed by atoms with van der Waals surface area (Å²) in [5, 5.41) is 1.84. The smallest absolute Gasteiger partial charge is 0.254 e. The summed E-state index contributed by atoms with van der Waals surface area (Å²) in [6.07, 6.45) is 4.29. The van der Waals surface area contributed by atoms with E-state index < -0.39 is 0 Å². The van der Waals surface area contributed by atoms with E-state index in [0.29, 0.717) is 18.7 Å². The van der Waals surface area contributed by atoms with Crippen molar-refractivity contribution in [3.8, 4) is 0 Å². The van der Waals surface area contributed by atoms with E-state index in [1.807, 2.05) is 23.2 Å². The molecule has 0 saturated carbocycles. The Balaban J connectivity index is 1.45. The molecular formula is C23H24N6O2. The Kier molecular flexibility index (Phi) is 4.69. The number of H-pyrrole nitrogens is 2. The normalized spacial score (nSPS) is 19.3. The number of amides is 1. The minimum atomic E-state index is -0.149. The summed E-state index contributed by atoms with van der Waals surface area (Å²) in [6.45, 7) is 5.60. The van der Waals surface area contributed by atoms with E-state index in [0.717, 1.165) is 34.2 Å². The summed E-state index contributed by atoms with van der Waals surface area (Å²) < 4.78 is 0. The lowest BCUT2D eigenvalue weighted by Crippen LogP contribution is -2.59. The van der Waals surface area contributed by atoms with Crippen molar-refractivity contribution in [2.24, 2.45) is 0 Å². The molecule has 1 fully saturated rings. The molecule has 4 heterocycles. The Morgan fingerprint density at radius 3 is 2.87 bits per heavy atom. The third-order valence-corrected chi connectivity index (χ3v) is 6.09. The average Bonchev–Trinajstić information content (AvgIpc) is 3.26. The van der Waals surface area contributed by atoms with Gasteiger partial charge >= 0.3 is 0 Å². The first-order chi connectivity index (χ1) is 15.0. The van der Waals surface area contributed by atoms with Crippen molar-refractivity contribution in [1.82, 2.24) is 24.8 Å². The molecule has 4 aromatic rings. The van der Waals surface area contributed by atoms with Gasteiger partial charge in [-0.1, -0.05) is 6.92 Å². The van der Waals surface area contributed by atoms with Crippen LogP contribution in [0.4, 0.5) is 5.82 Å². The van der Waals surface area contributed by atoms with Crippen LogP contribution in [0.5, 0.6) is 0 Å². The number of aromatic nitrogens is 4. The van der Waals surface area contributed by atoms with Crippen molar-refractivity contribution in [3.05, 3.63) is 64.8 Å². The van der Waals surface area contributed by atoms with Crippen LogP contribution in [-0.2, 0) is 0 Å². The van der Waals surface area contributed by atoms with Gasteiger partial charge in [-0.3, -0.25) is 9.59 Å². The Morgan fingerprint density at radius 2 is 2.03 bits per heavy atom. The minimum absolute atomic E-state index is 0.0152. The van der Waals surface area contributed by atoms with Crippen LogP contribution in [0.15, 0.2) is 53.7 Å². The third kappa shape index (κ3) is 3.34. The van der Waals surface area contributed by atoms with Gasteiger partial charge in [-0.15, -0.1) is 0 Å². The quantitative estimate of drug-likeness (QED) is 0.535. The number of fused-ring (bicyclic) bond motifs is 2. The number of carbonyl (C=O) groups is 1. The molecule has 31 heavy (non-hydrogen) atoms. The highest BCUT2D eigenvalue weighted by Gasteiger charge is 2.36. The molecule has 0 radical (unpaired) electrons. The van der Waals surface area contributed by atoms with Crippen molar-refractivity contribution in [3.63, 3.8) is 0 Å². The van der Waals surface area contributed by atoms with E-state index in [-0.39, 0.29) is 23.6 Å². The Bertz CT molecular complexity index is 1330. The zero-order valence-electron chi connectivity index (χ0n) is 17.5. The molecule has 8 nitrogen and oxygen atoms in total. The highest BCUT2D eigenvalue weighted by Crippen LogP contribution is 2.28. The lowest BCUT2D eigenvalue weighted by atomic mass is 10.0. The number of carbonyl (C=O) groups excluding carboxylic acids is 1. The van der Waals surface area contributed by atoms with E-state index in [1.54, 1.807) is 24.5 Å². The summed E-state index contributed by atoms with van der Waals surface area (Å²) in [7, 11) is 0. The maximum absolute atomic E-state index is 13.5. The maximum atomic E-state index is 13.5. The number of anilines is 1. The van der Waals surface area contributed by atoms with Gasteiger partial charge in [0, 0.05) is 48.5 Å². The SMILES string of the molecule is CC[C@@H]1CN(c2ncnc3[nH]ccc23)C[C@@H](C)N1C(=O)c1ccc2[nH]c(=O)ccc2c1. The number of hydrogen-bond acceptors (Lipinski definition) is 5. The van der Waals surface area contributed by atoms with E-state index in [2.05, 4.69) is 38.7 Å². The summed E-state index contributed by atoms with van der Waals surface area (Å²) in [6, 6.07) is 10.8. The second-order valence-electron chi connectivity index (χ2n) is 8.09.